The first-order valence-corrected chi connectivity index (χ1v) is 9.90. The van der Waals surface area contributed by atoms with Crippen LogP contribution in [0.1, 0.15) is 42.7 Å². The van der Waals surface area contributed by atoms with Crippen molar-refractivity contribution in [1.82, 2.24) is 5.32 Å². The SMILES string of the molecule is CC1=C(C#N)[C@@H](c2ccc([N+](=O)[O-])cc2)C2=C(C[C@@H](c3ccc(Cl)cc3)CC2=O)N1. The Balaban J connectivity index is 1.76. The fourth-order valence-electron chi connectivity index (χ4n) is 4.28. The summed E-state index contributed by atoms with van der Waals surface area (Å²) in [6.45, 7) is 1.82. The second-order valence-corrected chi connectivity index (χ2v) is 7.97. The number of dihydropyridines is 1. The van der Waals surface area contributed by atoms with Gasteiger partial charge in [0.1, 0.15) is 0 Å². The minimum absolute atomic E-state index is 0.0210. The fourth-order valence-corrected chi connectivity index (χ4v) is 4.41. The van der Waals surface area contributed by atoms with Crippen LogP contribution in [0.25, 0.3) is 0 Å². The third kappa shape index (κ3) is 3.49. The van der Waals surface area contributed by atoms with Crippen LogP contribution in [0.5, 0.6) is 0 Å². The van der Waals surface area contributed by atoms with Crippen molar-refractivity contribution in [3.63, 3.8) is 0 Å². The van der Waals surface area contributed by atoms with Gasteiger partial charge in [-0.2, -0.15) is 5.26 Å². The van der Waals surface area contributed by atoms with Gasteiger partial charge in [0.15, 0.2) is 5.78 Å². The quantitative estimate of drug-likeness (QED) is 0.549. The first-order chi connectivity index (χ1) is 14.4. The van der Waals surface area contributed by atoms with Gasteiger partial charge in [-0.25, -0.2) is 0 Å². The van der Waals surface area contributed by atoms with Crippen molar-refractivity contribution in [1.29, 1.82) is 5.26 Å². The molecule has 0 saturated carbocycles. The number of hydrogen-bond acceptors (Lipinski definition) is 5. The van der Waals surface area contributed by atoms with Crippen LogP contribution in [-0.2, 0) is 4.79 Å². The maximum atomic E-state index is 13.2. The number of nitrogens with zero attached hydrogens (tertiary/aromatic N) is 2. The standard InChI is InChI=1S/C23H18ClN3O3/c1-13-19(12-25)22(15-4-8-18(9-5-15)27(29)30)23-20(26-13)10-16(11-21(23)28)14-2-6-17(24)7-3-14/h2-9,16,22,26H,10-11H2,1H3/t16-,22-/m1/s1. The normalized spacial score (nSPS) is 21.0. The smallest absolute Gasteiger partial charge is 0.269 e. The number of halogens is 1. The Hall–Kier alpha value is -3.43. The molecule has 2 aromatic carbocycles. The molecule has 2 atom stereocenters. The van der Waals surface area contributed by atoms with Crippen LogP contribution in [-0.4, -0.2) is 10.7 Å². The summed E-state index contributed by atoms with van der Waals surface area (Å²) in [6, 6.07) is 15.8. The number of non-ortho nitro benzene ring substituents is 1. The number of nitro groups is 1. The summed E-state index contributed by atoms with van der Waals surface area (Å²) in [5.41, 5.74) is 4.26. The average Bonchev–Trinajstić information content (AvgIpc) is 2.73. The molecular formula is C23H18ClN3O3. The van der Waals surface area contributed by atoms with E-state index in [4.69, 9.17) is 11.6 Å². The average molecular weight is 420 g/mol. The summed E-state index contributed by atoms with van der Waals surface area (Å²) < 4.78 is 0. The van der Waals surface area contributed by atoms with E-state index in [-0.39, 0.29) is 17.4 Å². The van der Waals surface area contributed by atoms with Gasteiger partial charge in [0.2, 0.25) is 0 Å². The van der Waals surface area contributed by atoms with E-state index in [0.29, 0.717) is 40.3 Å². The highest BCUT2D eigenvalue weighted by Crippen LogP contribution is 2.45. The third-order valence-corrected chi connectivity index (χ3v) is 5.98. The second kappa shape index (κ2) is 7.77. The molecule has 30 heavy (non-hydrogen) atoms. The molecule has 0 saturated heterocycles. The highest BCUT2D eigenvalue weighted by Gasteiger charge is 2.39. The number of nitro benzene ring substituents is 1. The number of carbonyl (C=O) groups excluding carboxylic acids is 1. The molecule has 1 aliphatic heterocycles. The van der Waals surface area contributed by atoms with E-state index in [1.54, 1.807) is 12.1 Å². The molecule has 7 heteroatoms. The van der Waals surface area contributed by atoms with Crippen molar-refractivity contribution in [2.24, 2.45) is 0 Å². The molecule has 0 aromatic heterocycles. The van der Waals surface area contributed by atoms with E-state index in [1.165, 1.54) is 12.1 Å². The van der Waals surface area contributed by atoms with Crippen LogP contribution < -0.4 is 5.32 Å². The number of allylic oxidation sites excluding steroid dienone is 4. The van der Waals surface area contributed by atoms with E-state index < -0.39 is 10.8 Å². The van der Waals surface area contributed by atoms with Crippen LogP contribution in [0.4, 0.5) is 5.69 Å². The van der Waals surface area contributed by atoms with Crippen molar-refractivity contribution >= 4 is 23.1 Å². The number of nitriles is 1. The number of hydrogen-bond donors (Lipinski definition) is 1. The summed E-state index contributed by atoms with van der Waals surface area (Å²) in [6.07, 6.45) is 0.978. The highest BCUT2D eigenvalue weighted by molar-refractivity contribution is 6.30. The number of carbonyl (C=O) groups is 1. The lowest BCUT2D eigenvalue weighted by atomic mass is 9.72. The zero-order valence-electron chi connectivity index (χ0n) is 16.2. The summed E-state index contributed by atoms with van der Waals surface area (Å²) >= 11 is 5.99. The molecule has 0 bridgehead atoms. The van der Waals surface area contributed by atoms with Crippen molar-refractivity contribution in [2.45, 2.75) is 31.6 Å². The van der Waals surface area contributed by atoms with Crippen molar-refractivity contribution in [2.75, 3.05) is 0 Å². The minimum atomic E-state index is -0.522. The largest absolute Gasteiger partial charge is 0.361 e. The van der Waals surface area contributed by atoms with Crippen LogP contribution in [0.3, 0.4) is 0 Å². The summed E-state index contributed by atoms with van der Waals surface area (Å²) in [5, 5.41) is 24.7. The number of ketones is 1. The molecule has 1 aliphatic carbocycles. The molecule has 2 aromatic rings. The predicted octanol–water partition coefficient (Wildman–Crippen LogP) is 5.13. The van der Waals surface area contributed by atoms with Gasteiger partial charge in [-0.1, -0.05) is 35.9 Å². The monoisotopic (exact) mass is 419 g/mol. The Morgan fingerprint density at radius 3 is 2.33 bits per heavy atom. The first kappa shape index (κ1) is 19.9. The van der Waals surface area contributed by atoms with E-state index in [9.17, 15) is 20.2 Å². The minimum Gasteiger partial charge on any atom is -0.361 e. The number of nitrogens with one attached hydrogen (secondary N) is 1. The van der Waals surface area contributed by atoms with Gasteiger partial charge < -0.3 is 5.32 Å². The van der Waals surface area contributed by atoms with Crippen molar-refractivity contribution in [3.8, 4) is 6.07 Å². The molecule has 6 nitrogen and oxygen atoms in total. The number of benzene rings is 2. The van der Waals surface area contributed by atoms with Gasteiger partial charge in [-0.05, 0) is 42.5 Å². The zero-order chi connectivity index (χ0) is 21.4. The summed E-state index contributed by atoms with van der Waals surface area (Å²) in [7, 11) is 0. The zero-order valence-corrected chi connectivity index (χ0v) is 16.9. The maximum Gasteiger partial charge on any atom is 0.269 e. The van der Waals surface area contributed by atoms with Gasteiger partial charge in [-0.3, -0.25) is 14.9 Å². The molecule has 0 fully saturated rings. The Morgan fingerprint density at radius 2 is 1.73 bits per heavy atom. The molecule has 1 N–H and O–H groups in total. The Labute approximate surface area is 178 Å². The number of Topliss-reactive ketones (excluding diaryl/α,β-unsaturated/α-hetero) is 1. The molecule has 2 aliphatic rings. The number of rotatable bonds is 3. The highest BCUT2D eigenvalue weighted by atomic mass is 35.5. The fraction of sp³-hybridized carbons (Fsp3) is 0.217. The Kier molecular flexibility index (Phi) is 5.15. The Bertz CT molecular complexity index is 1140. The second-order valence-electron chi connectivity index (χ2n) is 7.53. The molecule has 0 amide bonds. The van der Waals surface area contributed by atoms with E-state index >= 15 is 0 Å². The van der Waals surface area contributed by atoms with E-state index in [1.807, 2.05) is 31.2 Å². The van der Waals surface area contributed by atoms with E-state index in [2.05, 4.69) is 11.4 Å². The first-order valence-electron chi connectivity index (χ1n) is 9.53. The molecule has 150 valence electrons. The third-order valence-electron chi connectivity index (χ3n) is 5.73. The Morgan fingerprint density at radius 1 is 1.10 bits per heavy atom. The maximum absolute atomic E-state index is 13.2. The molecular weight excluding hydrogens is 402 g/mol. The predicted molar refractivity (Wildman–Crippen MR) is 113 cm³/mol. The van der Waals surface area contributed by atoms with Gasteiger partial charge in [-0.15, -0.1) is 0 Å². The van der Waals surface area contributed by atoms with Crippen LogP contribution in [0, 0.1) is 21.4 Å². The lowest BCUT2D eigenvalue weighted by Gasteiger charge is -2.35. The molecule has 0 radical (unpaired) electrons. The van der Waals surface area contributed by atoms with Gasteiger partial charge in [0.05, 0.1) is 22.5 Å². The molecule has 1 heterocycles. The molecule has 0 spiro atoms. The van der Waals surface area contributed by atoms with Crippen LogP contribution >= 0.6 is 11.6 Å². The molecule has 0 unspecified atom stereocenters. The van der Waals surface area contributed by atoms with Gasteiger partial charge in [0.25, 0.3) is 5.69 Å². The van der Waals surface area contributed by atoms with Crippen LogP contribution in [0.15, 0.2) is 71.1 Å². The topological polar surface area (TPSA) is 96.0 Å². The van der Waals surface area contributed by atoms with Crippen molar-refractivity contribution < 1.29 is 9.72 Å². The van der Waals surface area contributed by atoms with Gasteiger partial charge >= 0.3 is 0 Å². The van der Waals surface area contributed by atoms with E-state index in [0.717, 1.165) is 11.3 Å². The van der Waals surface area contributed by atoms with Crippen LogP contribution in [0.2, 0.25) is 5.02 Å². The lowest BCUT2D eigenvalue weighted by Crippen LogP contribution is -2.33. The molecule has 4 rings (SSSR count). The summed E-state index contributed by atoms with van der Waals surface area (Å²) in [4.78, 5) is 23.8. The van der Waals surface area contributed by atoms with Gasteiger partial charge in [0, 0.05) is 40.5 Å². The summed E-state index contributed by atoms with van der Waals surface area (Å²) in [5.74, 6) is -0.520. The van der Waals surface area contributed by atoms with Crippen molar-refractivity contribution in [3.05, 3.63) is 97.3 Å². The lowest BCUT2D eigenvalue weighted by molar-refractivity contribution is -0.384.